The van der Waals surface area contributed by atoms with Crippen LogP contribution in [-0.2, 0) is 14.3 Å². The zero-order valence-corrected chi connectivity index (χ0v) is 15.3. The number of carbonyl (C=O) groups is 2. The first kappa shape index (κ1) is 15.6. The summed E-state index contributed by atoms with van der Waals surface area (Å²) in [7, 11) is -1.45. The predicted molar refractivity (Wildman–Crippen MR) is 90.5 cm³/mol. The number of imide groups is 1. The van der Waals surface area contributed by atoms with Crippen LogP contribution in [0.3, 0.4) is 0 Å². The van der Waals surface area contributed by atoms with Crippen LogP contribution in [-0.4, -0.2) is 43.5 Å². The Morgan fingerprint density at radius 3 is 1.91 bits per heavy atom. The summed E-state index contributed by atoms with van der Waals surface area (Å²) in [6.07, 6.45) is 2.20. The van der Waals surface area contributed by atoms with E-state index in [9.17, 15) is 9.59 Å². The van der Waals surface area contributed by atoms with Crippen molar-refractivity contribution in [3.8, 4) is 0 Å². The van der Waals surface area contributed by atoms with Crippen molar-refractivity contribution in [3.05, 3.63) is 12.7 Å². The van der Waals surface area contributed by atoms with Crippen molar-refractivity contribution in [2.75, 3.05) is 6.54 Å². The topological polar surface area (TPSA) is 49.9 Å². The molecule has 2 saturated carbocycles. The van der Waals surface area contributed by atoms with Crippen molar-refractivity contribution in [2.45, 2.75) is 56.7 Å². The number of fused-ring (bicyclic) bond motifs is 8. The molecule has 126 valence electrons. The molecule has 2 amide bonds. The van der Waals surface area contributed by atoms with E-state index in [0.717, 1.165) is 0 Å². The second-order valence-electron chi connectivity index (χ2n) is 7.80. The first-order valence-corrected chi connectivity index (χ1v) is 11.9. The minimum absolute atomic E-state index is 0.0533. The third-order valence-corrected chi connectivity index (χ3v) is 14.0. The zero-order chi connectivity index (χ0) is 16.5. The molecule has 2 aliphatic heterocycles. The maximum atomic E-state index is 12.9. The van der Waals surface area contributed by atoms with Crippen molar-refractivity contribution in [2.24, 2.45) is 23.7 Å². The molecule has 2 heterocycles. The van der Waals surface area contributed by atoms with Gasteiger partial charge in [0.25, 0.3) is 0 Å². The first-order valence-electron chi connectivity index (χ1n) is 9.17. The highest BCUT2D eigenvalue weighted by Crippen LogP contribution is 2.72. The second kappa shape index (κ2) is 5.03. The summed E-state index contributed by atoms with van der Waals surface area (Å²) in [5.41, 5.74) is 0.611. The minimum atomic E-state index is -1.45. The average molecular weight is 334 g/mol. The van der Waals surface area contributed by atoms with E-state index < -0.39 is 8.07 Å². The molecule has 0 spiro atoms. The van der Waals surface area contributed by atoms with Crippen LogP contribution in [0, 0.1) is 23.7 Å². The number of carbonyl (C=O) groups excluding carboxylic acids is 2. The molecule has 23 heavy (non-hydrogen) atoms. The standard InChI is InChI=1S/C18H27NO3Si/c1-5-9-19-17(20)10-11(18(19)21)13-15-14(22-15)12(10)16(13)23(6-2,7-3)8-4/h5,10-16H,1,6-9H2,2-4H3. The van der Waals surface area contributed by atoms with Gasteiger partial charge in [-0.3, -0.25) is 14.5 Å². The Hall–Kier alpha value is -0.943. The molecule has 2 bridgehead atoms. The van der Waals surface area contributed by atoms with Gasteiger partial charge in [0.05, 0.1) is 32.1 Å². The highest BCUT2D eigenvalue weighted by Gasteiger charge is 2.79. The predicted octanol–water partition coefficient (Wildman–Crippen LogP) is 2.68. The lowest BCUT2D eigenvalue weighted by molar-refractivity contribution is -0.140. The SMILES string of the molecule is C=CCN1C(=O)C2C(C1=O)C1C3OC3C2C1[Si](CC)(CC)CC. The summed E-state index contributed by atoms with van der Waals surface area (Å²) in [6.45, 7) is 11.0. The lowest BCUT2D eigenvalue weighted by Crippen LogP contribution is -2.44. The van der Waals surface area contributed by atoms with Crippen LogP contribution in [0.25, 0.3) is 0 Å². The molecule has 2 aliphatic carbocycles. The van der Waals surface area contributed by atoms with Gasteiger partial charge in [-0.2, -0.15) is 0 Å². The molecule has 4 nitrogen and oxygen atoms in total. The average Bonchev–Trinajstić information content (AvgIpc) is 3.14. The first-order chi connectivity index (χ1) is 11.1. The Kier molecular flexibility index (Phi) is 3.40. The monoisotopic (exact) mass is 333 g/mol. The second-order valence-corrected chi connectivity index (χ2v) is 13.3. The van der Waals surface area contributed by atoms with Gasteiger partial charge in [0.2, 0.25) is 11.8 Å². The molecular weight excluding hydrogens is 306 g/mol. The van der Waals surface area contributed by atoms with Gasteiger partial charge in [-0.25, -0.2) is 0 Å². The molecule has 2 saturated heterocycles. The molecule has 0 N–H and O–H groups in total. The van der Waals surface area contributed by atoms with Crippen LogP contribution in [0.5, 0.6) is 0 Å². The molecule has 0 radical (unpaired) electrons. The van der Waals surface area contributed by atoms with Gasteiger partial charge < -0.3 is 4.74 Å². The maximum Gasteiger partial charge on any atom is 0.233 e. The number of epoxide rings is 1. The van der Waals surface area contributed by atoms with Crippen LogP contribution >= 0.6 is 0 Å². The van der Waals surface area contributed by atoms with Crippen LogP contribution in [0.1, 0.15) is 20.8 Å². The Balaban J connectivity index is 1.73. The van der Waals surface area contributed by atoms with E-state index in [1.54, 1.807) is 6.08 Å². The van der Waals surface area contributed by atoms with E-state index in [1.807, 2.05) is 0 Å². The Morgan fingerprint density at radius 2 is 1.52 bits per heavy atom. The number of rotatable bonds is 6. The minimum Gasteiger partial charge on any atom is -0.369 e. The number of ether oxygens (including phenoxy) is 1. The summed E-state index contributed by atoms with van der Waals surface area (Å²) < 4.78 is 5.91. The summed E-state index contributed by atoms with van der Waals surface area (Å²) in [6, 6.07) is 3.78. The van der Waals surface area contributed by atoms with Crippen LogP contribution in [0.2, 0.25) is 23.7 Å². The quantitative estimate of drug-likeness (QED) is 0.325. The van der Waals surface area contributed by atoms with E-state index in [2.05, 4.69) is 27.4 Å². The van der Waals surface area contributed by atoms with Gasteiger partial charge in [0.1, 0.15) is 0 Å². The largest absolute Gasteiger partial charge is 0.369 e. The van der Waals surface area contributed by atoms with E-state index in [1.165, 1.54) is 23.0 Å². The van der Waals surface area contributed by atoms with E-state index in [-0.39, 0.29) is 35.9 Å². The smallest absolute Gasteiger partial charge is 0.233 e. The third kappa shape index (κ3) is 1.70. The number of likely N-dealkylation sites (tertiary alicyclic amines) is 1. The highest BCUT2D eigenvalue weighted by molar-refractivity contribution is 6.81. The molecule has 4 fully saturated rings. The number of hydrogen-bond donors (Lipinski definition) is 0. The van der Waals surface area contributed by atoms with Crippen molar-refractivity contribution in [1.82, 2.24) is 4.90 Å². The van der Waals surface area contributed by atoms with Crippen molar-refractivity contribution in [3.63, 3.8) is 0 Å². The van der Waals surface area contributed by atoms with Crippen molar-refractivity contribution >= 4 is 19.9 Å². The Bertz CT molecular complexity index is 530. The van der Waals surface area contributed by atoms with Gasteiger partial charge >= 0.3 is 0 Å². The molecule has 5 heteroatoms. The molecule has 4 rings (SSSR count). The highest BCUT2D eigenvalue weighted by atomic mass is 28.3. The molecule has 6 atom stereocenters. The normalized spacial score (nSPS) is 43.8. The van der Waals surface area contributed by atoms with Crippen molar-refractivity contribution < 1.29 is 14.3 Å². The maximum absolute atomic E-state index is 12.9. The fraction of sp³-hybridized carbons (Fsp3) is 0.778. The lowest BCUT2D eigenvalue weighted by atomic mass is 9.81. The van der Waals surface area contributed by atoms with Gasteiger partial charge in [-0.1, -0.05) is 45.0 Å². The van der Waals surface area contributed by atoms with Crippen molar-refractivity contribution in [1.29, 1.82) is 0 Å². The zero-order valence-electron chi connectivity index (χ0n) is 14.3. The number of hydrogen-bond acceptors (Lipinski definition) is 3. The van der Waals surface area contributed by atoms with Gasteiger partial charge in [0, 0.05) is 18.4 Å². The van der Waals surface area contributed by atoms with Crippen LogP contribution < -0.4 is 0 Å². The van der Waals surface area contributed by atoms with E-state index >= 15 is 0 Å². The molecule has 0 aromatic heterocycles. The molecule has 0 aromatic carbocycles. The van der Waals surface area contributed by atoms with Gasteiger partial charge in [0.15, 0.2) is 0 Å². The number of nitrogens with zero attached hydrogens (tertiary/aromatic N) is 1. The molecular formula is C18H27NO3Si. The fourth-order valence-corrected chi connectivity index (χ4v) is 11.8. The van der Waals surface area contributed by atoms with Crippen LogP contribution in [0.15, 0.2) is 12.7 Å². The molecule has 6 unspecified atom stereocenters. The van der Waals surface area contributed by atoms with Gasteiger partial charge in [-0.05, 0) is 5.54 Å². The van der Waals surface area contributed by atoms with Crippen LogP contribution in [0.4, 0.5) is 0 Å². The van der Waals surface area contributed by atoms with Gasteiger partial charge in [-0.15, -0.1) is 6.58 Å². The molecule has 4 aliphatic rings. The summed E-state index contributed by atoms with van der Waals surface area (Å²) in [4.78, 5) is 27.2. The Morgan fingerprint density at radius 1 is 1.04 bits per heavy atom. The fourth-order valence-electron chi connectivity index (χ4n) is 6.44. The number of amides is 2. The third-order valence-electron chi connectivity index (χ3n) is 7.60. The molecule has 0 aromatic rings. The van der Waals surface area contributed by atoms with E-state index in [0.29, 0.717) is 23.9 Å². The van der Waals surface area contributed by atoms with E-state index in [4.69, 9.17) is 4.74 Å². The Labute approximate surface area is 139 Å². The summed E-state index contributed by atoms with van der Waals surface area (Å²) >= 11 is 0. The summed E-state index contributed by atoms with van der Waals surface area (Å²) in [5.74, 6) is 0.533. The summed E-state index contributed by atoms with van der Waals surface area (Å²) in [5, 5.41) is 0. The lowest BCUT2D eigenvalue weighted by Gasteiger charge is -2.40.